The van der Waals surface area contributed by atoms with E-state index < -0.39 is 25.4 Å². The Morgan fingerprint density at radius 3 is 1.08 bits per heavy atom. The third-order valence-corrected chi connectivity index (χ3v) is 3.19. The van der Waals surface area contributed by atoms with E-state index in [0.29, 0.717) is 0 Å². The smallest absolute Gasteiger partial charge is 0.167 e. The molecule has 0 bridgehead atoms. The molecule has 7 heteroatoms. The summed E-state index contributed by atoms with van der Waals surface area (Å²) in [6, 6.07) is 0. The van der Waals surface area contributed by atoms with Crippen molar-refractivity contribution in [3.05, 3.63) is 0 Å². The molecule has 0 aromatic carbocycles. The molecule has 0 fully saturated rings. The van der Waals surface area contributed by atoms with Crippen molar-refractivity contribution in [1.29, 1.82) is 0 Å². The van der Waals surface area contributed by atoms with E-state index in [9.17, 15) is 26.3 Å². The van der Waals surface area contributed by atoms with Gasteiger partial charge in [0.15, 0.2) is 0 Å². The molecule has 74 valence electrons. The Hall–Kier alpha value is 0.01000. The molecule has 12 heavy (non-hydrogen) atoms. The Kier molecular flexibility index (Phi) is 3.40. The molecule has 0 amide bonds. The zero-order valence-electron chi connectivity index (χ0n) is 6.29. The van der Waals surface area contributed by atoms with Crippen molar-refractivity contribution >= 4 is 7.92 Å². The van der Waals surface area contributed by atoms with Crippen LogP contribution in [0.3, 0.4) is 0 Å². The van der Waals surface area contributed by atoms with Crippen molar-refractivity contribution in [1.82, 2.24) is 0 Å². The monoisotopic (exact) mass is 212 g/mol. The molecule has 0 N–H and O–H groups in total. The van der Waals surface area contributed by atoms with Gasteiger partial charge >= 0.3 is 11.8 Å². The van der Waals surface area contributed by atoms with Gasteiger partial charge in [0.2, 0.25) is 0 Å². The summed E-state index contributed by atoms with van der Waals surface area (Å²) >= 11 is 0. The lowest BCUT2D eigenvalue weighted by Crippen LogP contribution is -2.23. The van der Waals surface area contributed by atoms with Gasteiger partial charge in [-0.2, -0.15) is 26.3 Å². The van der Waals surface area contributed by atoms with Gasteiger partial charge in [0, 0.05) is 0 Å². The highest BCUT2D eigenvalue weighted by atomic mass is 31.1. The summed E-state index contributed by atoms with van der Waals surface area (Å²) in [5.41, 5.74) is -1.42. The van der Waals surface area contributed by atoms with Crippen LogP contribution in [0.25, 0.3) is 0 Å². The summed E-state index contributed by atoms with van der Waals surface area (Å²) in [7, 11) is -3.90. The molecule has 0 spiro atoms. The minimum Gasteiger partial charge on any atom is -0.167 e. The first-order chi connectivity index (χ1) is 5.07. The summed E-state index contributed by atoms with van der Waals surface area (Å²) in [6.45, 7) is 1.85. The van der Waals surface area contributed by atoms with Crippen LogP contribution in [0.5, 0.6) is 0 Å². The molecule has 0 aliphatic heterocycles. The molecule has 0 aromatic rings. The zero-order valence-corrected chi connectivity index (χ0v) is 7.19. The van der Waals surface area contributed by atoms with Gasteiger partial charge in [-0.05, 0) is 5.66 Å². The third kappa shape index (κ3) is 3.17. The summed E-state index contributed by atoms with van der Waals surface area (Å²) in [4.78, 5) is 0. The fourth-order valence-electron chi connectivity index (χ4n) is 0.729. The Bertz CT molecular complexity index is 131. The van der Waals surface area contributed by atoms with Crippen LogP contribution in [-0.4, -0.2) is 17.5 Å². The molecule has 0 saturated carbocycles. The quantitative estimate of drug-likeness (QED) is 0.456. The lowest BCUT2D eigenvalue weighted by Gasteiger charge is -2.25. The van der Waals surface area contributed by atoms with E-state index in [-0.39, 0.29) is 0 Å². The molecule has 0 radical (unpaired) electrons. The standard InChI is InChI=1S/C5H7F6P/c1-3(2)12(4(6,7)8)5(9,10)11/h3H,1-2H3. The molecular weight excluding hydrogens is 205 g/mol. The fourth-order valence-corrected chi connectivity index (χ4v) is 2.19. The lowest BCUT2D eigenvalue weighted by atomic mass is 10.6. The van der Waals surface area contributed by atoms with Crippen molar-refractivity contribution < 1.29 is 26.3 Å². The van der Waals surface area contributed by atoms with Crippen molar-refractivity contribution in [3.63, 3.8) is 0 Å². The molecule has 0 rings (SSSR count). The normalized spacial score (nSPS) is 14.5. The maximum atomic E-state index is 11.8. The Balaban J connectivity index is 4.70. The number of rotatable bonds is 1. The highest BCUT2D eigenvalue weighted by molar-refractivity contribution is 7.60. The Morgan fingerprint density at radius 1 is 0.833 bits per heavy atom. The van der Waals surface area contributed by atoms with E-state index in [1.807, 2.05) is 0 Å². The molecule has 0 nitrogen and oxygen atoms in total. The first kappa shape index (κ1) is 12.0. The van der Waals surface area contributed by atoms with Crippen LogP contribution in [0, 0.1) is 0 Å². The average Bonchev–Trinajstić information content (AvgIpc) is 1.49. The van der Waals surface area contributed by atoms with Gasteiger partial charge in [0.05, 0.1) is 0 Å². The van der Waals surface area contributed by atoms with Gasteiger partial charge in [0.1, 0.15) is 7.92 Å². The predicted octanol–water partition coefficient (Wildman–Crippen LogP) is 3.92. The Labute approximate surface area is 66.7 Å². The van der Waals surface area contributed by atoms with E-state index in [4.69, 9.17) is 0 Å². The maximum Gasteiger partial charge on any atom is 0.414 e. The minimum absolute atomic E-state index is 0.923. The van der Waals surface area contributed by atoms with Gasteiger partial charge in [-0.15, -0.1) is 0 Å². The second-order valence-corrected chi connectivity index (χ2v) is 5.19. The molecule has 0 aromatic heterocycles. The SMILES string of the molecule is CC(C)P(C(F)(F)F)C(F)(F)F. The molecule has 0 unspecified atom stereocenters. The van der Waals surface area contributed by atoms with Crippen LogP contribution in [-0.2, 0) is 0 Å². The molecule has 0 aliphatic rings. The van der Waals surface area contributed by atoms with Gasteiger partial charge in [-0.1, -0.05) is 13.8 Å². The Morgan fingerprint density at radius 2 is 1.08 bits per heavy atom. The van der Waals surface area contributed by atoms with Crippen LogP contribution in [0.4, 0.5) is 26.3 Å². The van der Waals surface area contributed by atoms with Crippen molar-refractivity contribution in [2.24, 2.45) is 0 Å². The van der Waals surface area contributed by atoms with E-state index in [2.05, 4.69) is 0 Å². The van der Waals surface area contributed by atoms with Crippen molar-refractivity contribution in [2.75, 3.05) is 0 Å². The van der Waals surface area contributed by atoms with E-state index in [1.165, 1.54) is 0 Å². The summed E-state index contributed by atoms with van der Waals surface area (Å²) in [6.07, 6.45) is 0. The summed E-state index contributed by atoms with van der Waals surface area (Å²) in [5, 5.41) is 0. The van der Waals surface area contributed by atoms with Crippen LogP contribution in [0.15, 0.2) is 0 Å². The van der Waals surface area contributed by atoms with Gasteiger partial charge in [0.25, 0.3) is 0 Å². The van der Waals surface area contributed by atoms with Crippen molar-refractivity contribution in [3.8, 4) is 0 Å². The van der Waals surface area contributed by atoms with Gasteiger partial charge in [-0.3, -0.25) is 0 Å². The summed E-state index contributed by atoms with van der Waals surface area (Å²) in [5.74, 6) is -10.3. The number of alkyl halides is 6. The summed E-state index contributed by atoms with van der Waals surface area (Å²) < 4.78 is 70.7. The third-order valence-electron chi connectivity index (χ3n) is 1.06. The van der Waals surface area contributed by atoms with Crippen LogP contribution in [0.2, 0.25) is 0 Å². The van der Waals surface area contributed by atoms with Crippen molar-refractivity contribution in [2.45, 2.75) is 31.3 Å². The maximum absolute atomic E-state index is 11.8. The first-order valence-electron chi connectivity index (χ1n) is 2.99. The number of hydrogen-bond acceptors (Lipinski definition) is 0. The topological polar surface area (TPSA) is 0 Å². The molecule has 0 aliphatic carbocycles. The van der Waals surface area contributed by atoms with Crippen LogP contribution < -0.4 is 0 Å². The lowest BCUT2D eigenvalue weighted by molar-refractivity contribution is -0.0843. The number of hydrogen-bond donors (Lipinski definition) is 0. The van der Waals surface area contributed by atoms with E-state index in [0.717, 1.165) is 13.8 Å². The first-order valence-corrected chi connectivity index (χ1v) is 4.40. The fraction of sp³-hybridized carbons (Fsp3) is 1.00. The second-order valence-electron chi connectivity index (χ2n) is 2.40. The zero-order chi connectivity index (χ0) is 10.2. The van der Waals surface area contributed by atoms with E-state index >= 15 is 0 Å². The molecule has 0 atom stereocenters. The number of halogens is 6. The second kappa shape index (κ2) is 3.40. The van der Waals surface area contributed by atoms with Gasteiger partial charge in [-0.25, -0.2) is 0 Å². The van der Waals surface area contributed by atoms with E-state index in [1.54, 1.807) is 0 Å². The molecular formula is C5H7F6P. The molecule has 0 heterocycles. The molecule has 0 saturated heterocycles. The largest absolute Gasteiger partial charge is 0.414 e. The van der Waals surface area contributed by atoms with Gasteiger partial charge < -0.3 is 0 Å². The average molecular weight is 212 g/mol. The van der Waals surface area contributed by atoms with Crippen LogP contribution >= 0.6 is 7.92 Å². The minimum atomic E-state index is -5.14. The highest BCUT2D eigenvalue weighted by Gasteiger charge is 2.57. The predicted molar refractivity (Wildman–Crippen MR) is 34.2 cm³/mol. The highest BCUT2D eigenvalue weighted by Crippen LogP contribution is 2.66. The van der Waals surface area contributed by atoms with Crippen LogP contribution in [0.1, 0.15) is 13.8 Å².